The maximum absolute atomic E-state index is 11.7. The molecule has 0 aromatic heterocycles. The summed E-state index contributed by atoms with van der Waals surface area (Å²) in [5.74, 6) is 0.644. The minimum atomic E-state index is 0.158. The van der Waals surface area contributed by atoms with Gasteiger partial charge in [-0.1, -0.05) is 39.8 Å². The van der Waals surface area contributed by atoms with Crippen molar-refractivity contribution in [1.29, 1.82) is 0 Å². The summed E-state index contributed by atoms with van der Waals surface area (Å²) in [6, 6.07) is 7.44. The van der Waals surface area contributed by atoms with Crippen LogP contribution in [0.3, 0.4) is 0 Å². The number of hydrogen-bond donors (Lipinski definition) is 0. The molecule has 0 heterocycles. The fourth-order valence-electron chi connectivity index (χ4n) is 0.981. The summed E-state index contributed by atoms with van der Waals surface area (Å²) in [7, 11) is 3.88. The number of ketones is 1. The minimum Gasteiger partial charge on any atom is -0.293 e. The van der Waals surface area contributed by atoms with E-state index >= 15 is 0 Å². The molecular formula is C11H13BrNOS+. The van der Waals surface area contributed by atoms with Gasteiger partial charge < -0.3 is 0 Å². The molecule has 0 aliphatic carbocycles. The zero-order valence-corrected chi connectivity index (χ0v) is 11.1. The van der Waals surface area contributed by atoms with Crippen molar-refractivity contribution in [1.82, 2.24) is 0 Å². The topological polar surface area (TPSA) is 20.1 Å². The normalized spacial score (nSPS) is 9.80. The Kier molecular flexibility index (Phi) is 5.05. The lowest BCUT2D eigenvalue weighted by Gasteiger charge is -1.97. The number of hydrogen-bond acceptors (Lipinski definition) is 2. The fourth-order valence-corrected chi connectivity index (χ4v) is 1.94. The van der Waals surface area contributed by atoms with Crippen LogP contribution in [0.1, 0.15) is 10.4 Å². The summed E-state index contributed by atoms with van der Waals surface area (Å²) in [5.41, 5.74) is 2.69. The van der Waals surface area contributed by atoms with Crippen molar-refractivity contribution >= 4 is 39.0 Å². The van der Waals surface area contributed by atoms with Crippen LogP contribution >= 0.6 is 27.7 Å². The van der Waals surface area contributed by atoms with Crippen molar-refractivity contribution < 1.29 is 9.37 Å². The highest BCUT2D eigenvalue weighted by Gasteiger charge is 2.05. The number of carbonyl (C=O) groups excluding carboxylic acids is 1. The van der Waals surface area contributed by atoms with Crippen molar-refractivity contribution in [3.05, 3.63) is 34.3 Å². The standard InChI is InChI=1S/C11H13BrNOS/c1-13(2)8-15-7-11(14)9-3-5-10(12)6-4-9/h3-6,8H,7H2,1-2H3/q+1. The SMILES string of the molecule is C[N+](C)=CSCC(=O)c1ccc(Br)cc1. The van der Waals surface area contributed by atoms with Gasteiger partial charge in [-0.15, -0.1) is 0 Å². The zero-order valence-electron chi connectivity index (χ0n) is 8.74. The van der Waals surface area contributed by atoms with Gasteiger partial charge in [0, 0.05) is 10.0 Å². The Morgan fingerprint density at radius 3 is 2.53 bits per heavy atom. The van der Waals surface area contributed by atoms with Gasteiger partial charge in [-0.2, -0.15) is 0 Å². The molecule has 0 fully saturated rings. The molecule has 4 heteroatoms. The van der Waals surface area contributed by atoms with Crippen molar-refractivity contribution in [2.45, 2.75) is 0 Å². The van der Waals surface area contributed by atoms with E-state index < -0.39 is 0 Å². The van der Waals surface area contributed by atoms with E-state index in [-0.39, 0.29) is 5.78 Å². The lowest BCUT2D eigenvalue weighted by molar-refractivity contribution is -0.456. The Hall–Kier alpha value is -0.610. The van der Waals surface area contributed by atoms with Gasteiger partial charge in [-0.25, -0.2) is 4.58 Å². The van der Waals surface area contributed by atoms with Crippen molar-refractivity contribution in [3.8, 4) is 0 Å². The first-order chi connectivity index (χ1) is 7.09. The number of rotatable bonds is 4. The van der Waals surface area contributed by atoms with E-state index in [0.717, 1.165) is 10.0 Å². The molecule has 1 rings (SSSR count). The number of halogens is 1. The molecule has 0 aliphatic rings. The van der Waals surface area contributed by atoms with Gasteiger partial charge >= 0.3 is 0 Å². The predicted octanol–water partition coefficient (Wildman–Crippen LogP) is 2.67. The van der Waals surface area contributed by atoms with Crippen LogP contribution < -0.4 is 0 Å². The quantitative estimate of drug-likeness (QED) is 0.367. The fraction of sp³-hybridized carbons (Fsp3) is 0.273. The molecule has 0 saturated carbocycles. The molecule has 0 spiro atoms. The molecule has 0 unspecified atom stereocenters. The van der Waals surface area contributed by atoms with E-state index in [9.17, 15) is 4.79 Å². The molecule has 1 aromatic carbocycles. The maximum Gasteiger partial charge on any atom is 0.198 e. The van der Waals surface area contributed by atoms with E-state index in [4.69, 9.17) is 0 Å². The molecule has 0 atom stereocenters. The molecule has 1 aromatic rings. The average Bonchev–Trinajstić information content (AvgIpc) is 2.18. The molecule has 0 saturated heterocycles. The summed E-state index contributed by atoms with van der Waals surface area (Å²) in [5, 5.41) is 0. The van der Waals surface area contributed by atoms with Crippen LogP contribution in [-0.2, 0) is 0 Å². The molecule has 0 N–H and O–H groups in total. The molecular weight excluding hydrogens is 274 g/mol. The second-order valence-electron chi connectivity index (χ2n) is 3.31. The van der Waals surface area contributed by atoms with Crippen LogP contribution in [0.15, 0.2) is 28.7 Å². The van der Waals surface area contributed by atoms with Gasteiger partial charge in [-0.05, 0) is 12.1 Å². The molecule has 15 heavy (non-hydrogen) atoms. The van der Waals surface area contributed by atoms with Crippen LogP contribution in [0.2, 0.25) is 0 Å². The third-order valence-corrected chi connectivity index (χ3v) is 3.19. The van der Waals surface area contributed by atoms with Crippen molar-refractivity contribution in [3.63, 3.8) is 0 Å². The first kappa shape index (κ1) is 12.5. The summed E-state index contributed by atoms with van der Waals surface area (Å²) in [4.78, 5) is 11.7. The lowest BCUT2D eigenvalue weighted by atomic mass is 10.2. The number of thioether (sulfide) groups is 1. The summed E-state index contributed by atoms with van der Waals surface area (Å²) in [6.07, 6.45) is 0. The molecule has 80 valence electrons. The lowest BCUT2D eigenvalue weighted by Crippen LogP contribution is -2.04. The molecule has 0 amide bonds. The van der Waals surface area contributed by atoms with Crippen LogP contribution in [-0.4, -0.2) is 35.8 Å². The summed E-state index contributed by atoms with van der Waals surface area (Å²) < 4.78 is 2.92. The first-order valence-electron chi connectivity index (χ1n) is 4.50. The van der Waals surface area contributed by atoms with E-state index in [1.54, 1.807) is 0 Å². The van der Waals surface area contributed by atoms with Gasteiger partial charge in [-0.3, -0.25) is 4.79 Å². The van der Waals surface area contributed by atoms with Gasteiger partial charge in [0.25, 0.3) is 0 Å². The van der Waals surface area contributed by atoms with Gasteiger partial charge in [0.1, 0.15) is 14.1 Å². The predicted molar refractivity (Wildman–Crippen MR) is 69.1 cm³/mol. The maximum atomic E-state index is 11.7. The van der Waals surface area contributed by atoms with E-state index in [1.807, 2.05) is 48.5 Å². The highest BCUT2D eigenvalue weighted by Crippen LogP contribution is 2.12. The van der Waals surface area contributed by atoms with Gasteiger partial charge in [0.05, 0.1) is 5.75 Å². The van der Waals surface area contributed by atoms with E-state index in [0.29, 0.717) is 5.75 Å². The number of nitrogens with zero attached hydrogens (tertiary/aromatic N) is 1. The van der Waals surface area contributed by atoms with E-state index in [1.165, 1.54) is 11.8 Å². The second kappa shape index (κ2) is 6.08. The van der Waals surface area contributed by atoms with Gasteiger partial charge in [0.15, 0.2) is 11.3 Å². The first-order valence-corrected chi connectivity index (χ1v) is 6.34. The van der Waals surface area contributed by atoms with Crippen molar-refractivity contribution in [2.24, 2.45) is 0 Å². The summed E-state index contributed by atoms with van der Waals surface area (Å²) in [6.45, 7) is 0. The Morgan fingerprint density at radius 1 is 1.40 bits per heavy atom. The molecule has 0 bridgehead atoms. The highest BCUT2D eigenvalue weighted by molar-refractivity contribution is 9.10. The second-order valence-corrected chi connectivity index (χ2v) is 5.06. The van der Waals surface area contributed by atoms with Crippen LogP contribution in [0, 0.1) is 0 Å². The number of carbonyl (C=O) groups is 1. The highest BCUT2D eigenvalue weighted by atomic mass is 79.9. The minimum absolute atomic E-state index is 0.158. The monoisotopic (exact) mass is 286 g/mol. The zero-order chi connectivity index (χ0) is 11.3. The Balaban J connectivity index is 2.54. The van der Waals surface area contributed by atoms with E-state index in [2.05, 4.69) is 15.9 Å². The van der Waals surface area contributed by atoms with Crippen LogP contribution in [0.25, 0.3) is 0 Å². The molecule has 0 aliphatic heterocycles. The number of benzene rings is 1. The van der Waals surface area contributed by atoms with Gasteiger partial charge in [0.2, 0.25) is 0 Å². The molecule has 2 nitrogen and oxygen atoms in total. The largest absolute Gasteiger partial charge is 0.293 e. The average molecular weight is 287 g/mol. The smallest absolute Gasteiger partial charge is 0.198 e. The Labute approximate surface area is 103 Å². The van der Waals surface area contributed by atoms with Crippen LogP contribution in [0.5, 0.6) is 0 Å². The summed E-state index contributed by atoms with van der Waals surface area (Å²) >= 11 is 4.85. The third-order valence-electron chi connectivity index (χ3n) is 1.67. The Morgan fingerprint density at radius 2 is 2.00 bits per heavy atom. The Bertz CT molecular complexity index is 369. The van der Waals surface area contributed by atoms with Crippen LogP contribution in [0.4, 0.5) is 0 Å². The molecule has 0 radical (unpaired) electrons. The van der Waals surface area contributed by atoms with Crippen molar-refractivity contribution in [2.75, 3.05) is 19.8 Å². The third kappa shape index (κ3) is 4.62. The number of Topliss-reactive ketones (excluding diaryl/α,β-unsaturated/α-hetero) is 1.